The van der Waals surface area contributed by atoms with Crippen molar-refractivity contribution >= 4 is 82.8 Å². The van der Waals surface area contributed by atoms with Crippen molar-refractivity contribution in [2.45, 2.75) is 287 Å². The number of nitrogens with one attached hydrogen (secondary N) is 12. The van der Waals surface area contributed by atoms with Crippen molar-refractivity contribution in [3.05, 3.63) is 47.7 Å². The van der Waals surface area contributed by atoms with Gasteiger partial charge in [-0.3, -0.25) is 62.3 Å². The molecule has 13 amide bonds. The standard InChI is InChI=1S/C76H126N14O16/c1-20-45(16)60(72(101)89-63-48(19)106-76(105)59(44(14)15)85-64(93)50(22-3)78-66(95)52(38-49-31-24-23-25-32-49)80-68(97)56(41(8)9)82-71(100)61(46(17)21-2)87-74(63)103)86-65(94)51(33-26-27-36-77)79-67(96)53-34-29-37-90(53)75(104)58(43(12)13)84-70(99)57(42(10)11)83-73(102)62(47(18)91)88-69(98)55(40(6)7)81-54(92)35-28-30-39(4)5/h22-25,31-32,39-48,51-53,55-63,91H,20-21,26-30,33-38,77H2,1-19H3,(H,78,95)(H,79,96)(H,80,97)(H,81,92)(H,82,100)(H,83,102)(H,84,99)(H,85,93)(H,86,94)(H,87,103)(H,88,98)(H,89,101)/b50-22-/t45-,46-,47-,48+,51+,52+,53-,55-,56-,57+,58-,59+,60-,61-,62+,63-/m1/s1. The van der Waals surface area contributed by atoms with Crippen LogP contribution in [0.4, 0.5) is 0 Å². The number of amides is 13. The fourth-order valence-corrected chi connectivity index (χ4v) is 12.3. The number of benzene rings is 1. The van der Waals surface area contributed by atoms with E-state index < -0.39 is 203 Å². The molecule has 1 aromatic carbocycles. The van der Waals surface area contributed by atoms with Gasteiger partial charge in [0, 0.05) is 19.4 Å². The van der Waals surface area contributed by atoms with Gasteiger partial charge >= 0.3 is 5.97 Å². The molecule has 0 saturated carbocycles. The van der Waals surface area contributed by atoms with Gasteiger partial charge in [-0.1, -0.05) is 166 Å². The Morgan fingerprint density at radius 2 is 1.15 bits per heavy atom. The predicted octanol–water partition coefficient (Wildman–Crippen LogP) is 2.23. The van der Waals surface area contributed by atoms with E-state index in [0.717, 1.165) is 6.42 Å². The van der Waals surface area contributed by atoms with E-state index in [1.54, 1.807) is 127 Å². The van der Waals surface area contributed by atoms with Crippen molar-refractivity contribution in [2.24, 2.45) is 53.1 Å². The van der Waals surface area contributed by atoms with Gasteiger partial charge in [0.2, 0.25) is 70.9 Å². The van der Waals surface area contributed by atoms with E-state index >= 15 is 9.59 Å². The summed E-state index contributed by atoms with van der Waals surface area (Å²) in [6.07, 6.45) is 1.64. The summed E-state index contributed by atoms with van der Waals surface area (Å²) >= 11 is 0. The highest BCUT2D eigenvalue weighted by Crippen LogP contribution is 2.23. The SMILES string of the molecule is C/C=C1\NC(=O)[C@H](Cc2ccccc2)NC(=O)[C@@H](C(C)C)NC(=O)[C@@H]([C@H](C)CC)NC(=O)[C@H](NC(=O)[C@H](NC(=O)[C@H](CCCCN)NC(=O)[C@H]2CCCN2C(=O)[C@H](NC(=O)[C@@H](NC(=O)[C@@H](NC(=O)[C@H](NC(=O)CCCC(C)C)C(C)C)[C@@H](C)O)C(C)C)C(C)C)[C@H](C)CC)[C@H](C)OC(=O)[C@H](C(C)C)NC1=O. The third kappa shape index (κ3) is 28.0. The van der Waals surface area contributed by atoms with Crippen LogP contribution in [0.25, 0.3) is 0 Å². The van der Waals surface area contributed by atoms with Crippen molar-refractivity contribution in [3.8, 4) is 0 Å². The molecule has 2 fully saturated rings. The normalized spacial score (nSPS) is 22.5. The van der Waals surface area contributed by atoms with Crippen LogP contribution in [0.3, 0.4) is 0 Å². The molecule has 0 aromatic heterocycles. The third-order valence-electron chi connectivity index (χ3n) is 19.5. The molecule has 3 rings (SSSR count). The van der Waals surface area contributed by atoms with Gasteiger partial charge in [-0.15, -0.1) is 0 Å². The number of nitrogens with two attached hydrogens (primary N) is 1. The maximum Gasteiger partial charge on any atom is 0.329 e. The molecule has 0 radical (unpaired) electrons. The number of carbonyl (C=O) groups excluding carboxylic acids is 14. The Bertz CT molecular complexity index is 3180. The zero-order valence-electron chi connectivity index (χ0n) is 66.0. The number of rotatable bonds is 34. The number of carbonyl (C=O) groups is 14. The van der Waals surface area contributed by atoms with Crippen molar-refractivity contribution in [1.82, 2.24) is 68.7 Å². The summed E-state index contributed by atoms with van der Waals surface area (Å²) in [5.74, 6) is -15.0. The first-order valence-corrected chi connectivity index (χ1v) is 38.0. The number of aliphatic hydroxyl groups is 1. The van der Waals surface area contributed by atoms with Crippen LogP contribution in [-0.4, -0.2) is 191 Å². The lowest BCUT2D eigenvalue weighted by Crippen LogP contribution is -2.64. The lowest BCUT2D eigenvalue weighted by atomic mass is 9.95. The van der Waals surface area contributed by atoms with Gasteiger partial charge in [0.25, 0.3) is 5.91 Å². The van der Waals surface area contributed by atoms with Crippen LogP contribution in [0.15, 0.2) is 42.1 Å². The minimum Gasteiger partial charge on any atom is -0.458 e. The average Bonchev–Trinajstić information content (AvgIpc) is 1.48. The van der Waals surface area contributed by atoms with E-state index in [9.17, 15) is 62.6 Å². The number of likely N-dealkylation sites (tertiary alicyclic amines) is 1. The summed E-state index contributed by atoms with van der Waals surface area (Å²) in [6, 6.07) is -7.62. The maximum absolute atomic E-state index is 15.1. The quantitative estimate of drug-likeness (QED) is 0.0267. The number of nitrogens with zero attached hydrogens (tertiary/aromatic N) is 1. The third-order valence-corrected chi connectivity index (χ3v) is 19.5. The summed E-state index contributed by atoms with van der Waals surface area (Å²) in [5, 5.41) is 43.3. The van der Waals surface area contributed by atoms with Crippen molar-refractivity contribution < 1.29 is 77.0 Å². The molecule has 0 spiro atoms. The van der Waals surface area contributed by atoms with E-state index in [2.05, 4.69) is 63.8 Å². The summed E-state index contributed by atoms with van der Waals surface area (Å²) in [7, 11) is 0. The first-order valence-electron chi connectivity index (χ1n) is 38.0. The first kappa shape index (κ1) is 91.7. The molecule has 0 unspecified atom stereocenters. The molecule has 30 heteroatoms. The van der Waals surface area contributed by atoms with Crippen LogP contribution >= 0.6 is 0 Å². The highest BCUT2D eigenvalue weighted by Gasteiger charge is 2.44. The molecule has 30 nitrogen and oxygen atoms in total. The number of allylic oxidation sites excluding steroid dienone is 1. The minimum atomic E-state index is -1.82. The summed E-state index contributed by atoms with van der Waals surface area (Å²) in [6.45, 7) is 32.0. The molecule has 1 aromatic rings. The highest BCUT2D eigenvalue weighted by atomic mass is 16.5. The van der Waals surface area contributed by atoms with Gasteiger partial charge in [-0.05, 0) is 119 Å². The molecule has 2 aliphatic heterocycles. The molecular weight excluding hydrogens is 1360 g/mol. The Balaban J connectivity index is 2.02. The molecule has 106 heavy (non-hydrogen) atoms. The van der Waals surface area contributed by atoms with Gasteiger partial charge in [-0.25, -0.2) is 4.79 Å². The second-order valence-electron chi connectivity index (χ2n) is 30.5. The van der Waals surface area contributed by atoms with Crippen molar-refractivity contribution in [3.63, 3.8) is 0 Å². The van der Waals surface area contributed by atoms with Crippen LogP contribution < -0.4 is 69.5 Å². The molecular formula is C76H126N14O16. The van der Waals surface area contributed by atoms with E-state index in [4.69, 9.17) is 10.5 Å². The average molecular weight is 1490 g/mol. The van der Waals surface area contributed by atoms with Gasteiger partial charge in [0.05, 0.1) is 6.10 Å². The fraction of sp³-hybridized carbons (Fsp3) is 0.711. The fourth-order valence-electron chi connectivity index (χ4n) is 12.3. The number of hydrogen-bond donors (Lipinski definition) is 14. The van der Waals surface area contributed by atoms with Gasteiger partial charge < -0.3 is 84.3 Å². The van der Waals surface area contributed by atoms with Gasteiger partial charge in [-0.2, -0.15) is 0 Å². The van der Waals surface area contributed by atoms with Crippen LogP contribution in [0.1, 0.15) is 201 Å². The number of esters is 1. The van der Waals surface area contributed by atoms with Gasteiger partial charge in [0.1, 0.15) is 84.3 Å². The lowest BCUT2D eigenvalue weighted by molar-refractivity contribution is -0.157. The zero-order valence-corrected chi connectivity index (χ0v) is 66.0. The molecule has 15 N–H and O–H groups in total. The summed E-state index contributed by atoms with van der Waals surface area (Å²) < 4.78 is 5.97. The van der Waals surface area contributed by atoms with Crippen molar-refractivity contribution in [1.29, 1.82) is 0 Å². The van der Waals surface area contributed by atoms with Crippen LogP contribution in [0, 0.1) is 47.3 Å². The van der Waals surface area contributed by atoms with E-state index in [1.807, 2.05) is 13.8 Å². The van der Waals surface area contributed by atoms with Crippen molar-refractivity contribution in [2.75, 3.05) is 13.1 Å². The smallest absolute Gasteiger partial charge is 0.329 e. The number of ether oxygens (including phenoxy) is 1. The predicted molar refractivity (Wildman–Crippen MR) is 400 cm³/mol. The largest absolute Gasteiger partial charge is 0.458 e. The topological polar surface area (TPSA) is 442 Å². The van der Waals surface area contributed by atoms with E-state index in [0.29, 0.717) is 43.6 Å². The lowest BCUT2D eigenvalue weighted by Gasteiger charge is -2.34. The van der Waals surface area contributed by atoms with Crippen LogP contribution in [-0.2, 0) is 78.3 Å². The molecule has 2 aliphatic rings. The second-order valence-corrected chi connectivity index (χ2v) is 30.5. The maximum atomic E-state index is 15.1. The summed E-state index contributed by atoms with van der Waals surface area (Å²) in [4.78, 5) is 202. The molecule has 596 valence electrons. The number of cyclic esters (lactones) is 1. The Labute approximate surface area is 626 Å². The number of aliphatic hydroxyl groups excluding tert-OH is 1. The molecule has 2 saturated heterocycles. The Kier molecular flexibility index (Phi) is 38.5. The van der Waals surface area contributed by atoms with Crippen LogP contribution in [0.5, 0.6) is 0 Å². The Morgan fingerprint density at radius 3 is 1.69 bits per heavy atom. The van der Waals surface area contributed by atoms with E-state index in [-0.39, 0.29) is 56.8 Å². The minimum absolute atomic E-state index is 0.00442. The molecule has 0 aliphatic carbocycles. The number of hydrogen-bond acceptors (Lipinski definition) is 17. The zero-order chi connectivity index (χ0) is 80.1. The highest BCUT2D eigenvalue weighted by molar-refractivity contribution is 6.03. The molecule has 0 bridgehead atoms. The molecule has 2 heterocycles. The Hall–Kier alpha value is -8.54. The monoisotopic (exact) mass is 1490 g/mol. The second kappa shape index (κ2) is 44.6. The molecule has 16 atom stereocenters. The van der Waals surface area contributed by atoms with Gasteiger partial charge in [0.15, 0.2) is 0 Å². The Morgan fingerprint density at radius 1 is 0.604 bits per heavy atom. The number of unbranched alkanes of at least 4 members (excludes halogenated alkanes) is 1. The first-order chi connectivity index (χ1) is 49.7. The summed E-state index contributed by atoms with van der Waals surface area (Å²) in [5.41, 5.74) is 6.28. The van der Waals surface area contributed by atoms with Crippen LogP contribution in [0.2, 0.25) is 0 Å². The van der Waals surface area contributed by atoms with E-state index in [1.165, 1.54) is 31.7 Å².